The lowest BCUT2D eigenvalue weighted by Gasteiger charge is -2.28. The molecule has 2 amide bonds. The zero-order valence-electron chi connectivity index (χ0n) is 14.5. The fourth-order valence-corrected chi connectivity index (χ4v) is 4.01. The first kappa shape index (κ1) is 15.9. The molecule has 1 aliphatic carbocycles. The summed E-state index contributed by atoms with van der Waals surface area (Å²) in [6.07, 6.45) is 2.56. The van der Waals surface area contributed by atoms with Gasteiger partial charge in [0.25, 0.3) is 5.91 Å². The number of rotatable bonds is 3. The minimum absolute atomic E-state index is 0.00849. The Labute approximate surface area is 147 Å². The molecule has 5 nitrogen and oxygen atoms in total. The second kappa shape index (κ2) is 5.76. The summed E-state index contributed by atoms with van der Waals surface area (Å²) in [5, 5.41) is 2.89. The third-order valence-corrected chi connectivity index (χ3v) is 5.42. The van der Waals surface area contributed by atoms with Gasteiger partial charge in [-0.15, -0.1) is 0 Å². The maximum absolute atomic E-state index is 13.1. The first-order chi connectivity index (χ1) is 12.0. The summed E-state index contributed by atoms with van der Waals surface area (Å²) in [7, 11) is 0. The highest BCUT2D eigenvalue weighted by Crippen LogP contribution is 2.39. The molecular formula is C20H22N2O3. The Hall–Kier alpha value is -2.56. The van der Waals surface area contributed by atoms with Gasteiger partial charge in [-0.1, -0.05) is 24.3 Å². The molecule has 1 aromatic heterocycles. The predicted molar refractivity (Wildman–Crippen MR) is 93.2 cm³/mol. The van der Waals surface area contributed by atoms with Crippen LogP contribution in [0.4, 0.5) is 0 Å². The molecule has 2 heterocycles. The lowest BCUT2D eigenvalue weighted by atomic mass is 10.00. The molecule has 1 aromatic carbocycles. The van der Waals surface area contributed by atoms with Crippen LogP contribution >= 0.6 is 0 Å². The fraction of sp³-hybridized carbons (Fsp3) is 0.400. The number of nitrogens with zero attached hydrogens (tertiary/aromatic N) is 1. The van der Waals surface area contributed by atoms with Gasteiger partial charge >= 0.3 is 0 Å². The maximum Gasteiger partial charge on any atom is 0.287 e. The molecule has 1 fully saturated rings. The van der Waals surface area contributed by atoms with Gasteiger partial charge in [0.1, 0.15) is 11.3 Å². The van der Waals surface area contributed by atoms with Crippen molar-refractivity contribution in [3.8, 4) is 0 Å². The Morgan fingerprint density at radius 3 is 2.84 bits per heavy atom. The van der Waals surface area contributed by atoms with Crippen LogP contribution in [0.1, 0.15) is 53.2 Å². The Morgan fingerprint density at radius 1 is 1.28 bits per heavy atom. The van der Waals surface area contributed by atoms with Crippen molar-refractivity contribution in [1.82, 2.24) is 10.2 Å². The monoisotopic (exact) mass is 338 g/mol. The van der Waals surface area contributed by atoms with Crippen LogP contribution in [0.2, 0.25) is 0 Å². The summed E-state index contributed by atoms with van der Waals surface area (Å²) >= 11 is 0. The molecule has 2 aromatic rings. The van der Waals surface area contributed by atoms with E-state index in [0.29, 0.717) is 18.7 Å². The number of likely N-dealkylation sites (tertiary alicyclic amines) is 1. The highest BCUT2D eigenvalue weighted by Gasteiger charge is 2.47. The van der Waals surface area contributed by atoms with Crippen molar-refractivity contribution in [2.24, 2.45) is 0 Å². The van der Waals surface area contributed by atoms with Gasteiger partial charge in [-0.25, -0.2) is 0 Å². The van der Waals surface area contributed by atoms with Crippen molar-refractivity contribution >= 4 is 11.8 Å². The number of furan rings is 1. The van der Waals surface area contributed by atoms with E-state index in [9.17, 15) is 9.59 Å². The van der Waals surface area contributed by atoms with Crippen LogP contribution in [0.15, 0.2) is 40.8 Å². The van der Waals surface area contributed by atoms with Crippen molar-refractivity contribution < 1.29 is 14.0 Å². The molecule has 2 aliphatic rings. The molecule has 4 rings (SSSR count). The zero-order chi connectivity index (χ0) is 17.6. The second-order valence-electron chi connectivity index (χ2n) is 7.20. The van der Waals surface area contributed by atoms with Crippen molar-refractivity contribution in [3.63, 3.8) is 0 Å². The van der Waals surface area contributed by atoms with Crippen LogP contribution in [0.5, 0.6) is 0 Å². The van der Waals surface area contributed by atoms with Crippen molar-refractivity contribution in [3.05, 3.63) is 59.0 Å². The molecule has 1 N–H and O–H groups in total. The molecule has 0 radical (unpaired) electrons. The Morgan fingerprint density at radius 2 is 2.08 bits per heavy atom. The minimum Gasteiger partial charge on any atom is -0.456 e. The zero-order valence-corrected chi connectivity index (χ0v) is 14.5. The van der Waals surface area contributed by atoms with E-state index in [-0.39, 0.29) is 23.6 Å². The Bertz CT molecular complexity index is 841. The third kappa shape index (κ3) is 2.64. The van der Waals surface area contributed by atoms with Crippen LogP contribution in [-0.2, 0) is 11.2 Å². The predicted octanol–water partition coefficient (Wildman–Crippen LogP) is 3.00. The third-order valence-electron chi connectivity index (χ3n) is 5.42. The summed E-state index contributed by atoms with van der Waals surface area (Å²) in [4.78, 5) is 27.4. The number of carbonyl (C=O) groups excluding carboxylic acids is 2. The summed E-state index contributed by atoms with van der Waals surface area (Å²) in [5.41, 5.74) is 1.69. The first-order valence-corrected chi connectivity index (χ1v) is 8.76. The average molecular weight is 338 g/mol. The van der Waals surface area contributed by atoms with Gasteiger partial charge in [0, 0.05) is 6.54 Å². The number of carbonyl (C=O) groups is 2. The maximum atomic E-state index is 13.1. The number of hydrogen-bond acceptors (Lipinski definition) is 3. The van der Waals surface area contributed by atoms with Gasteiger partial charge in [0.15, 0.2) is 5.76 Å². The molecule has 0 bridgehead atoms. The summed E-state index contributed by atoms with van der Waals surface area (Å²) in [5.74, 6) is 0.580. The number of amides is 2. The molecule has 2 atom stereocenters. The highest BCUT2D eigenvalue weighted by atomic mass is 16.3. The van der Waals surface area contributed by atoms with E-state index in [1.807, 2.05) is 24.0 Å². The van der Waals surface area contributed by atoms with E-state index in [1.165, 1.54) is 11.1 Å². The summed E-state index contributed by atoms with van der Waals surface area (Å²) in [6, 6.07) is 11.8. The summed E-state index contributed by atoms with van der Waals surface area (Å²) in [6.45, 7) is 4.26. The van der Waals surface area contributed by atoms with Gasteiger partial charge in [0.2, 0.25) is 5.91 Å². The van der Waals surface area contributed by atoms with Crippen LogP contribution < -0.4 is 5.32 Å². The van der Waals surface area contributed by atoms with Crippen LogP contribution in [0.3, 0.4) is 0 Å². The van der Waals surface area contributed by atoms with E-state index in [2.05, 4.69) is 17.4 Å². The Kier molecular flexibility index (Phi) is 3.67. The molecular weight excluding hydrogens is 316 g/mol. The molecule has 0 spiro atoms. The molecule has 130 valence electrons. The molecule has 5 heteroatoms. The van der Waals surface area contributed by atoms with Crippen LogP contribution in [0.25, 0.3) is 0 Å². The SMILES string of the molecule is Cc1ccc(C(=O)NC2(C)CCN(C3CCc4ccccc43)C2=O)o1. The smallest absolute Gasteiger partial charge is 0.287 e. The van der Waals surface area contributed by atoms with Gasteiger partial charge in [-0.05, 0) is 56.4 Å². The lowest BCUT2D eigenvalue weighted by Crippen LogP contribution is -2.52. The standard InChI is InChI=1S/C20H22N2O3/c1-13-7-10-17(25-13)18(23)21-20(2)11-12-22(19(20)24)16-9-8-14-5-3-4-6-15(14)16/h3-7,10,16H,8-9,11-12H2,1-2H3,(H,21,23). The molecule has 1 aliphatic heterocycles. The van der Waals surface area contributed by atoms with Crippen LogP contribution in [-0.4, -0.2) is 28.8 Å². The van der Waals surface area contributed by atoms with Crippen molar-refractivity contribution in [2.45, 2.75) is 44.7 Å². The van der Waals surface area contributed by atoms with E-state index < -0.39 is 5.54 Å². The average Bonchev–Trinajstić information content (AvgIpc) is 3.27. The number of hydrogen-bond donors (Lipinski definition) is 1. The van der Waals surface area contributed by atoms with E-state index in [0.717, 1.165) is 12.8 Å². The first-order valence-electron chi connectivity index (χ1n) is 8.76. The Balaban J connectivity index is 1.52. The normalized spacial score (nSPS) is 25.3. The number of nitrogens with one attached hydrogen (secondary N) is 1. The van der Waals surface area contributed by atoms with E-state index in [4.69, 9.17) is 4.42 Å². The quantitative estimate of drug-likeness (QED) is 0.936. The lowest BCUT2D eigenvalue weighted by molar-refractivity contribution is -0.134. The van der Waals surface area contributed by atoms with Gasteiger partial charge in [-0.2, -0.15) is 0 Å². The number of aryl methyl sites for hydroxylation is 2. The minimum atomic E-state index is -0.880. The van der Waals surface area contributed by atoms with E-state index >= 15 is 0 Å². The topological polar surface area (TPSA) is 62.6 Å². The second-order valence-corrected chi connectivity index (χ2v) is 7.20. The van der Waals surface area contributed by atoms with Crippen molar-refractivity contribution in [2.75, 3.05) is 6.54 Å². The number of fused-ring (bicyclic) bond motifs is 1. The van der Waals surface area contributed by atoms with E-state index in [1.54, 1.807) is 19.1 Å². The fourth-order valence-electron chi connectivity index (χ4n) is 4.01. The summed E-state index contributed by atoms with van der Waals surface area (Å²) < 4.78 is 5.37. The molecule has 2 unspecified atom stereocenters. The molecule has 0 saturated carbocycles. The van der Waals surface area contributed by atoms with Crippen molar-refractivity contribution in [1.29, 1.82) is 0 Å². The molecule has 1 saturated heterocycles. The van der Waals surface area contributed by atoms with Gasteiger partial charge in [0.05, 0.1) is 6.04 Å². The highest BCUT2D eigenvalue weighted by molar-refractivity contribution is 5.98. The van der Waals surface area contributed by atoms with Crippen LogP contribution in [0, 0.1) is 6.92 Å². The largest absolute Gasteiger partial charge is 0.456 e. The van der Waals surface area contributed by atoms with Gasteiger partial charge < -0.3 is 14.6 Å². The molecule has 25 heavy (non-hydrogen) atoms. The van der Waals surface area contributed by atoms with Gasteiger partial charge in [-0.3, -0.25) is 9.59 Å². The number of benzene rings is 1.